The maximum absolute atomic E-state index is 8.85. The number of hydrogen-bond acceptors (Lipinski definition) is 5. The second kappa shape index (κ2) is 4.20. The Morgan fingerprint density at radius 2 is 2.57 bits per heavy atom. The topological polar surface area (TPSA) is 74.7 Å². The van der Waals surface area contributed by atoms with Gasteiger partial charge in [0.25, 0.3) is 0 Å². The van der Waals surface area contributed by atoms with E-state index in [1.807, 2.05) is 0 Å². The van der Waals surface area contributed by atoms with Crippen LogP contribution >= 0.6 is 0 Å². The summed E-state index contributed by atoms with van der Waals surface area (Å²) >= 11 is 0. The molecular weight excluding hydrogens is 180 g/mol. The Kier molecular flexibility index (Phi) is 2.75. The third-order valence-corrected chi connectivity index (χ3v) is 2.61. The molecule has 1 heterocycles. The molecule has 0 amide bonds. The molecule has 5 heteroatoms. The number of hydrogen-bond donors (Lipinski definition) is 1. The molecule has 1 aliphatic rings. The molecule has 2 rings (SSSR count). The Morgan fingerprint density at radius 1 is 1.64 bits per heavy atom. The van der Waals surface area contributed by atoms with Crippen LogP contribution in [-0.2, 0) is 6.54 Å². The molecule has 0 spiro atoms. The van der Waals surface area contributed by atoms with Crippen LogP contribution in [0.2, 0.25) is 0 Å². The van der Waals surface area contributed by atoms with Crippen molar-refractivity contribution < 1.29 is 4.52 Å². The molecule has 1 N–H and O–H groups in total. The van der Waals surface area contributed by atoms with Gasteiger partial charge in [-0.25, -0.2) is 0 Å². The highest BCUT2D eigenvalue weighted by Crippen LogP contribution is 2.24. The first-order valence-electron chi connectivity index (χ1n) is 4.78. The first-order valence-corrected chi connectivity index (χ1v) is 4.78. The van der Waals surface area contributed by atoms with E-state index >= 15 is 0 Å². The second-order valence-corrected chi connectivity index (χ2v) is 3.50. The largest absolute Gasteiger partial charge is 0.343 e. The average molecular weight is 192 g/mol. The van der Waals surface area contributed by atoms with E-state index in [4.69, 9.17) is 5.26 Å². The van der Waals surface area contributed by atoms with Gasteiger partial charge in [-0.3, -0.25) is 0 Å². The number of rotatable bonds is 3. The monoisotopic (exact) mass is 192 g/mol. The Morgan fingerprint density at radius 3 is 3.29 bits per heavy atom. The Hall–Kier alpha value is -1.41. The van der Waals surface area contributed by atoms with Crippen molar-refractivity contribution in [3.8, 4) is 6.07 Å². The molecule has 1 fully saturated rings. The molecule has 1 saturated carbocycles. The molecule has 2 atom stereocenters. The lowest BCUT2D eigenvalue weighted by Gasteiger charge is -2.13. The van der Waals surface area contributed by atoms with Crippen molar-refractivity contribution in [3.63, 3.8) is 0 Å². The van der Waals surface area contributed by atoms with Gasteiger partial charge >= 0.3 is 0 Å². The summed E-state index contributed by atoms with van der Waals surface area (Å²) in [7, 11) is 0. The van der Waals surface area contributed by atoms with Crippen LogP contribution in [0.3, 0.4) is 0 Å². The van der Waals surface area contributed by atoms with Crippen LogP contribution in [0.5, 0.6) is 0 Å². The van der Waals surface area contributed by atoms with Crippen LogP contribution in [0.25, 0.3) is 0 Å². The molecule has 1 aromatic heterocycles. The van der Waals surface area contributed by atoms with Crippen molar-refractivity contribution in [3.05, 3.63) is 12.2 Å². The first kappa shape index (κ1) is 9.16. The van der Waals surface area contributed by atoms with Gasteiger partial charge in [0.1, 0.15) is 0 Å². The van der Waals surface area contributed by atoms with Crippen molar-refractivity contribution in [2.75, 3.05) is 0 Å². The minimum Gasteiger partial charge on any atom is -0.343 e. The van der Waals surface area contributed by atoms with Crippen LogP contribution in [0.4, 0.5) is 0 Å². The van der Waals surface area contributed by atoms with Crippen molar-refractivity contribution in [2.24, 2.45) is 5.92 Å². The van der Waals surface area contributed by atoms with E-state index in [0.29, 0.717) is 18.4 Å². The van der Waals surface area contributed by atoms with Gasteiger partial charge < -0.3 is 9.84 Å². The minimum atomic E-state index is 0.141. The zero-order chi connectivity index (χ0) is 9.80. The molecule has 0 aliphatic heterocycles. The molecule has 0 radical (unpaired) electrons. The predicted octanol–water partition coefficient (Wildman–Crippen LogP) is 0.851. The Bertz CT molecular complexity index is 316. The highest BCUT2D eigenvalue weighted by Gasteiger charge is 2.26. The summed E-state index contributed by atoms with van der Waals surface area (Å²) in [6, 6.07) is 2.61. The lowest BCUT2D eigenvalue weighted by molar-refractivity contribution is 0.399. The van der Waals surface area contributed by atoms with Crippen molar-refractivity contribution >= 4 is 0 Å². The minimum absolute atomic E-state index is 0.141. The lowest BCUT2D eigenvalue weighted by Crippen LogP contribution is -2.31. The number of nitrogens with zero attached hydrogens (tertiary/aromatic N) is 3. The first-order chi connectivity index (χ1) is 6.90. The molecule has 14 heavy (non-hydrogen) atoms. The fourth-order valence-corrected chi connectivity index (χ4v) is 1.85. The van der Waals surface area contributed by atoms with E-state index in [0.717, 1.165) is 19.3 Å². The summed E-state index contributed by atoms with van der Waals surface area (Å²) in [5.41, 5.74) is 0. The summed E-state index contributed by atoms with van der Waals surface area (Å²) in [5, 5.41) is 15.8. The fraction of sp³-hybridized carbons (Fsp3) is 0.667. The SMILES string of the molecule is N#CC1CCCC1NCc1ncon1. The molecule has 0 aromatic carbocycles. The maximum atomic E-state index is 8.85. The van der Waals surface area contributed by atoms with Crippen molar-refractivity contribution in [2.45, 2.75) is 31.8 Å². The zero-order valence-electron chi connectivity index (χ0n) is 7.81. The van der Waals surface area contributed by atoms with Gasteiger partial charge in [0.05, 0.1) is 18.5 Å². The second-order valence-electron chi connectivity index (χ2n) is 3.50. The van der Waals surface area contributed by atoms with E-state index in [-0.39, 0.29) is 5.92 Å². The van der Waals surface area contributed by atoms with Crippen LogP contribution in [-0.4, -0.2) is 16.2 Å². The third-order valence-electron chi connectivity index (χ3n) is 2.61. The standard InChI is InChI=1S/C9H12N4O/c10-4-7-2-1-3-8(7)11-5-9-12-6-14-13-9/h6-8,11H,1-3,5H2. The van der Waals surface area contributed by atoms with Gasteiger partial charge in [-0.05, 0) is 12.8 Å². The van der Waals surface area contributed by atoms with Crippen LogP contribution in [0, 0.1) is 17.2 Å². The molecule has 2 unspecified atom stereocenters. The van der Waals surface area contributed by atoms with Crippen LogP contribution < -0.4 is 5.32 Å². The number of nitriles is 1. The van der Waals surface area contributed by atoms with E-state index in [1.54, 1.807) is 0 Å². The van der Waals surface area contributed by atoms with Gasteiger partial charge in [0, 0.05) is 6.04 Å². The summed E-state index contributed by atoms with van der Waals surface area (Å²) in [6.45, 7) is 0.583. The number of nitrogens with one attached hydrogen (secondary N) is 1. The van der Waals surface area contributed by atoms with Crippen molar-refractivity contribution in [1.29, 1.82) is 5.26 Å². The van der Waals surface area contributed by atoms with Gasteiger partial charge in [-0.15, -0.1) is 0 Å². The highest BCUT2D eigenvalue weighted by atomic mass is 16.5. The molecule has 74 valence electrons. The van der Waals surface area contributed by atoms with Crippen LogP contribution in [0.1, 0.15) is 25.1 Å². The smallest absolute Gasteiger partial charge is 0.213 e. The molecule has 1 aromatic rings. The lowest BCUT2D eigenvalue weighted by atomic mass is 10.1. The maximum Gasteiger partial charge on any atom is 0.213 e. The Balaban J connectivity index is 1.83. The fourth-order valence-electron chi connectivity index (χ4n) is 1.85. The normalized spacial score (nSPS) is 26.2. The number of aromatic nitrogens is 2. The van der Waals surface area contributed by atoms with Gasteiger partial charge in [-0.1, -0.05) is 11.6 Å². The molecule has 5 nitrogen and oxygen atoms in total. The summed E-state index contributed by atoms with van der Waals surface area (Å²) in [6.07, 6.45) is 4.51. The molecule has 1 aliphatic carbocycles. The molecule has 0 saturated heterocycles. The van der Waals surface area contributed by atoms with E-state index in [1.165, 1.54) is 6.39 Å². The third kappa shape index (κ3) is 1.91. The molecule has 0 bridgehead atoms. The van der Waals surface area contributed by atoms with E-state index in [9.17, 15) is 0 Å². The highest BCUT2D eigenvalue weighted by molar-refractivity contribution is 4.97. The van der Waals surface area contributed by atoms with Crippen LogP contribution in [0.15, 0.2) is 10.9 Å². The Labute approximate surface area is 82.1 Å². The zero-order valence-corrected chi connectivity index (χ0v) is 7.81. The summed E-state index contributed by atoms with van der Waals surface area (Å²) in [5.74, 6) is 0.787. The summed E-state index contributed by atoms with van der Waals surface area (Å²) < 4.78 is 4.62. The van der Waals surface area contributed by atoms with Crippen molar-refractivity contribution in [1.82, 2.24) is 15.5 Å². The summed E-state index contributed by atoms with van der Waals surface area (Å²) in [4.78, 5) is 3.90. The average Bonchev–Trinajstić information content (AvgIpc) is 2.85. The van der Waals surface area contributed by atoms with Gasteiger partial charge in [0.15, 0.2) is 5.82 Å². The quantitative estimate of drug-likeness (QED) is 0.768. The van der Waals surface area contributed by atoms with Gasteiger partial charge in [0.2, 0.25) is 6.39 Å². The van der Waals surface area contributed by atoms with E-state index < -0.39 is 0 Å². The van der Waals surface area contributed by atoms with E-state index in [2.05, 4.69) is 26.0 Å². The molecular formula is C9H12N4O. The predicted molar refractivity (Wildman–Crippen MR) is 47.9 cm³/mol. The van der Waals surface area contributed by atoms with Gasteiger partial charge in [-0.2, -0.15) is 10.2 Å².